The van der Waals surface area contributed by atoms with Gasteiger partial charge in [0.05, 0.1) is 18.8 Å². The van der Waals surface area contributed by atoms with Gasteiger partial charge in [0.15, 0.2) is 0 Å². The highest BCUT2D eigenvalue weighted by Gasteiger charge is 2.35. The van der Waals surface area contributed by atoms with Crippen LogP contribution in [0.2, 0.25) is 0 Å². The maximum absolute atomic E-state index is 6.12. The predicted octanol–water partition coefficient (Wildman–Crippen LogP) is 1.49. The first kappa shape index (κ1) is 8.73. The molecule has 0 aromatic heterocycles. The molecule has 2 heteroatoms. The minimum Gasteiger partial charge on any atom is -0.377 e. The molecule has 2 nitrogen and oxygen atoms in total. The summed E-state index contributed by atoms with van der Waals surface area (Å²) in [5.74, 6) is 0. The first-order valence-electron chi connectivity index (χ1n) is 4.56. The highest BCUT2D eigenvalue weighted by atomic mass is 16.5. The van der Waals surface area contributed by atoms with Gasteiger partial charge in [0.25, 0.3) is 0 Å². The molecule has 1 saturated heterocycles. The zero-order valence-electron chi connectivity index (χ0n) is 8.13. The highest BCUT2D eigenvalue weighted by molar-refractivity contribution is 5.35. The molecule has 13 heavy (non-hydrogen) atoms. The van der Waals surface area contributed by atoms with Gasteiger partial charge in [-0.1, -0.05) is 18.2 Å². The van der Waals surface area contributed by atoms with Gasteiger partial charge in [-0.15, -0.1) is 0 Å². The highest BCUT2D eigenvalue weighted by Crippen LogP contribution is 2.27. The van der Waals surface area contributed by atoms with Gasteiger partial charge in [-0.25, -0.2) is 0 Å². The van der Waals surface area contributed by atoms with Crippen LogP contribution in [0.1, 0.15) is 16.7 Å². The third kappa shape index (κ3) is 1.36. The molecule has 0 unspecified atom stereocenters. The largest absolute Gasteiger partial charge is 0.377 e. The Morgan fingerprint density at radius 2 is 1.92 bits per heavy atom. The Labute approximate surface area is 78.7 Å². The van der Waals surface area contributed by atoms with Gasteiger partial charge >= 0.3 is 0 Å². The third-order valence-electron chi connectivity index (χ3n) is 2.80. The van der Waals surface area contributed by atoms with Crippen LogP contribution in [0.15, 0.2) is 18.2 Å². The van der Waals surface area contributed by atoms with Gasteiger partial charge in [0.2, 0.25) is 0 Å². The van der Waals surface area contributed by atoms with E-state index in [0.29, 0.717) is 13.2 Å². The van der Waals surface area contributed by atoms with E-state index in [-0.39, 0.29) is 5.54 Å². The van der Waals surface area contributed by atoms with E-state index in [0.717, 1.165) is 0 Å². The second-order valence-electron chi connectivity index (χ2n) is 3.95. The van der Waals surface area contributed by atoms with Crippen molar-refractivity contribution in [1.29, 1.82) is 0 Å². The zero-order chi connectivity index (χ0) is 9.47. The maximum Gasteiger partial charge on any atom is 0.0883 e. The number of rotatable bonds is 1. The van der Waals surface area contributed by atoms with Crippen molar-refractivity contribution < 1.29 is 4.74 Å². The summed E-state index contributed by atoms with van der Waals surface area (Å²) in [4.78, 5) is 0. The summed E-state index contributed by atoms with van der Waals surface area (Å²) < 4.78 is 5.14. The molecule has 0 bridgehead atoms. The molecule has 1 fully saturated rings. The summed E-state index contributed by atoms with van der Waals surface area (Å²) in [7, 11) is 0. The van der Waals surface area contributed by atoms with Gasteiger partial charge in [-0.3, -0.25) is 0 Å². The first-order chi connectivity index (χ1) is 6.12. The van der Waals surface area contributed by atoms with Crippen molar-refractivity contribution in [2.24, 2.45) is 5.73 Å². The Hall–Kier alpha value is -0.860. The predicted molar refractivity (Wildman–Crippen MR) is 52.6 cm³/mol. The molecule has 0 spiro atoms. The van der Waals surface area contributed by atoms with Gasteiger partial charge in [-0.2, -0.15) is 0 Å². The van der Waals surface area contributed by atoms with Gasteiger partial charge < -0.3 is 10.5 Å². The Kier molecular flexibility index (Phi) is 1.90. The number of nitrogens with two attached hydrogens (primary N) is 1. The summed E-state index contributed by atoms with van der Waals surface area (Å²) >= 11 is 0. The van der Waals surface area contributed by atoms with E-state index in [2.05, 4.69) is 32.0 Å². The molecule has 0 radical (unpaired) electrons. The summed E-state index contributed by atoms with van der Waals surface area (Å²) in [6, 6.07) is 6.39. The SMILES string of the molecule is Cc1ccc(C2(N)COC2)cc1C. The zero-order valence-corrected chi connectivity index (χ0v) is 8.13. The van der Waals surface area contributed by atoms with E-state index in [1.54, 1.807) is 0 Å². The van der Waals surface area contributed by atoms with Crippen LogP contribution in [0.3, 0.4) is 0 Å². The number of benzene rings is 1. The molecule has 1 aromatic carbocycles. The second kappa shape index (κ2) is 2.82. The van der Waals surface area contributed by atoms with Crippen LogP contribution < -0.4 is 5.73 Å². The Bertz CT molecular complexity index is 329. The van der Waals surface area contributed by atoms with Crippen LogP contribution in [-0.4, -0.2) is 13.2 Å². The Morgan fingerprint density at radius 3 is 2.38 bits per heavy atom. The fraction of sp³-hybridized carbons (Fsp3) is 0.455. The number of ether oxygens (including phenoxy) is 1. The lowest BCUT2D eigenvalue weighted by atomic mass is 9.87. The average molecular weight is 177 g/mol. The Morgan fingerprint density at radius 1 is 1.23 bits per heavy atom. The lowest BCUT2D eigenvalue weighted by Crippen LogP contribution is -2.54. The number of hydrogen-bond acceptors (Lipinski definition) is 2. The monoisotopic (exact) mass is 177 g/mol. The van der Waals surface area contributed by atoms with Gasteiger partial charge in [0, 0.05) is 0 Å². The molecule has 0 atom stereocenters. The minimum atomic E-state index is -0.224. The van der Waals surface area contributed by atoms with Gasteiger partial charge in [-0.05, 0) is 30.5 Å². The third-order valence-corrected chi connectivity index (χ3v) is 2.80. The lowest BCUT2D eigenvalue weighted by molar-refractivity contribution is -0.0569. The van der Waals surface area contributed by atoms with Crippen molar-refractivity contribution in [3.8, 4) is 0 Å². The molecule has 70 valence electrons. The van der Waals surface area contributed by atoms with Crippen molar-refractivity contribution >= 4 is 0 Å². The van der Waals surface area contributed by atoms with Crippen molar-refractivity contribution in [2.75, 3.05) is 13.2 Å². The van der Waals surface area contributed by atoms with Crippen LogP contribution in [0.5, 0.6) is 0 Å². The maximum atomic E-state index is 6.12. The summed E-state index contributed by atoms with van der Waals surface area (Å²) in [6.07, 6.45) is 0. The smallest absolute Gasteiger partial charge is 0.0883 e. The molecule has 2 rings (SSSR count). The molecule has 0 aliphatic carbocycles. The standard InChI is InChI=1S/C11H15NO/c1-8-3-4-10(5-9(8)2)11(12)6-13-7-11/h3-5H,6-7,12H2,1-2H3. The molecular formula is C11H15NO. The van der Waals surface area contributed by atoms with Crippen molar-refractivity contribution in [2.45, 2.75) is 19.4 Å². The average Bonchev–Trinajstić information content (AvgIpc) is 2.06. The fourth-order valence-corrected chi connectivity index (χ4v) is 1.54. The van der Waals surface area contributed by atoms with E-state index >= 15 is 0 Å². The van der Waals surface area contributed by atoms with Crippen molar-refractivity contribution in [3.63, 3.8) is 0 Å². The summed E-state index contributed by atoms with van der Waals surface area (Å²) in [5, 5.41) is 0. The quantitative estimate of drug-likeness (QED) is 0.705. The van der Waals surface area contributed by atoms with Crippen molar-refractivity contribution in [3.05, 3.63) is 34.9 Å². The normalized spacial score (nSPS) is 19.6. The molecule has 0 saturated carbocycles. The second-order valence-corrected chi connectivity index (χ2v) is 3.95. The molecular weight excluding hydrogens is 162 g/mol. The first-order valence-corrected chi connectivity index (χ1v) is 4.56. The van der Waals surface area contributed by atoms with Crippen molar-refractivity contribution in [1.82, 2.24) is 0 Å². The number of hydrogen-bond donors (Lipinski definition) is 1. The molecule has 2 N–H and O–H groups in total. The van der Waals surface area contributed by atoms with E-state index in [4.69, 9.17) is 10.5 Å². The van der Waals surface area contributed by atoms with Crippen LogP contribution in [0.25, 0.3) is 0 Å². The molecule has 1 aromatic rings. The minimum absolute atomic E-state index is 0.224. The Balaban J connectivity index is 2.36. The summed E-state index contributed by atoms with van der Waals surface area (Å²) in [5.41, 5.74) is 9.70. The van der Waals surface area contributed by atoms with E-state index in [1.165, 1.54) is 16.7 Å². The van der Waals surface area contributed by atoms with Crippen LogP contribution in [0, 0.1) is 13.8 Å². The molecule has 1 heterocycles. The fourth-order valence-electron chi connectivity index (χ4n) is 1.54. The van der Waals surface area contributed by atoms with Crippen LogP contribution in [0.4, 0.5) is 0 Å². The van der Waals surface area contributed by atoms with Crippen LogP contribution >= 0.6 is 0 Å². The van der Waals surface area contributed by atoms with E-state index in [1.807, 2.05) is 0 Å². The molecule has 1 aliphatic heterocycles. The molecule has 0 amide bonds. The molecule has 1 aliphatic rings. The topological polar surface area (TPSA) is 35.2 Å². The van der Waals surface area contributed by atoms with E-state index < -0.39 is 0 Å². The van der Waals surface area contributed by atoms with E-state index in [9.17, 15) is 0 Å². The number of aryl methyl sites for hydroxylation is 2. The summed E-state index contributed by atoms with van der Waals surface area (Å²) in [6.45, 7) is 5.52. The van der Waals surface area contributed by atoms with Gasteiger partial charge in [0.1, 0.15) is 0 Å². The lowest BCUT2D eigenvalue weighted by Gasteiger charge is -2.38. The van der Waals surface area contributed by atoms with Crippen LogP contribution in [-0.2, 0) is 10.3 Å².